The van der Waals surface area contributed by atoms with Gasteiger partial charge in [-0.25, -0.2) is 0 Å². The van der Waals surface area contributed by atoms with Gasteiger partial charge in [-0.1, -0.05) is 38.1 Å². The Morgan fingerprint density at radius 1 is 0.630 bits per heavy atom. The van der Waals surface area contributed by atoms with E-state index in [1.165, 1.54) is 22.3 Å². The summed E-state index contributed by atoms with van der Waals surface area (Å²) in [6, 6.07) is 24.4. The number of carboxylic acids is 2. The molecule has 2 fully saturated rings. The van der Waals surface area contributed by atoms with Crippen LogP contribution in [0.2, 0.25) is 0 Å². The van der Waals surface area contributed by atoms with E-state index in [1.54, 1.807) is 13.8 Å². The molecule has 4 aliphatic carbocycles. The molecule has 8 nitrogen and oxygen atoms in total. The first kappa shape index (κ1) is 33.9. The Labute approximate surface area is 313 Å². The number of aliphatic carboxylic acids is 2. The number of rotatable bonds is 3. The number of aryl methyl sites for hydroxylation is 2. The van der Waals surface area contributed by atoms with E-state index in [0.29, 0.717) is 12.8 Å². The molecule has 278 valence electrons. The van der Waals surface area contributed by atoms with Crippen molar-refractivity contribution in [1.82, 2.24) is 9.55 Å². The van der Waals surface area contributed by atoms with Crippen LogP contribution in [0.5, 0.6) is 0 Å². The first-order valence-electron chi connectivity index (χ1n) is 19.7. The third-order valence-electron chi connectivity index (χ3n) is 15.8. The van der Waals surface area contributed by atoms with E-state index in [1.807, 2.05) is 0 Å². The van der Waals surface area contributed by atoms with Crippen molar-refractivity contribution in [1.29, 1.82) is 0 Å². The summed E-state index contributed by atoms with van der Waals surface area (Å²) >= 11 is 0. The Bertz CT molecular complexity index is 2620. The number of benzene rings is 4. The average molecular weight is 725 g/mol. The van der Waals surface area contributed by atoms with Crippen LogP contribution in [0.4, 0.5) is 0 Å². The molecular formula is C46H48N2O6. The van der Waals surface area contributed by atoms with Crippen molar-refractivity contribution in [3.05, 3.63) is 89.0 Å². The van der Waals surface area contributed by atoms with Crippen molar-refractivity contribution in [3.8, 4) is 5.69 Å². The molecule has 6 aromatic rings. The summed E-state index contributed by atoms with van der Waals surface area (Å²) in [4.78, 5) is 29.1. The van der Waals surface area contributed by atoms with Crippen LogP contribution in [-0.4, -0.2) is 54.1 Å². The van der Waals surface area contributed by atoms with E-state index in [4.69, 9.17) is 0 Å². The minimum Gasteiger partial charge on any atom is -0.481 e. The highest BCUT2D eigenvalue weighted by Crippen LogP contribution is 2.59. The third kappa shape index (κ3) is 4.11. The Morgan fingerprint density at radius 2 is 1.19 bits per heavy atom. The standard InChI is InChI=1S/C46H48N2O6/c1-43-17-15-39(49)45(3,41(51)52)37(43)13-9-24-19-33-29(22-31(24)43)27-12-11-26(21-34(27)47-33)48-35-8-6-5-7-28(35)30-23-32-25(20-36(30)48)10-14-38-44(32,2)18-16-40(50)46(38,4)42(53)54/h5-8,11-12,19-23,37-40,47,49-50H,9-10,13-18H2,1-4H3,(H,51,52)(H,53,54). The monoisotopic (exact) mass is 724 g/mol. The zero-order valence-electron chi connectivity index (χ0n) is 31.4. The predicted molar refractivity (Wildman–Crippen MR) is 210 cm³/mol. The van der Waals surface area contributed by atoms with Gasteiger partial charge in [0, 0.05) is 38.3 Å². The molecule has 0 bridgehead atoms. The SMILES string of the molecule is CC12CCC(O)C(C)(C(=O)O)C1CCc1cc3[nH]c4cc(-n5c6ccccc6c6cc7c(cc65)CCC5C7(C)CCC(O)C5(C)C(=O)O)ccc4c3cc12. The quantitative estimate of drug-likeness (QED) is 0.124. The molecule has 0 radical (unpaired) electrons. The van der Waals surface area contributed by atoms with Gasteiger partial charge in [-0.05, 0) is 153 Å². The number of para-hydroxylation sites is 1. The summed E-state index contributed by atoms with van der Waals surface area (Å²) in [5.74, 6) is -2.14. The fraction of sp³-hybridized carbons (Fsp3) is 0.435. The second kappa shape index (κ2) is 11.0. The number of nitrogens with one attached hydrogen (secondary N) is 1. The van der Waals surface area contributed by atoms with Crippen molar-refractivity contribution >= 4 is 55.6 Å². The number of hydrogen-bond acceptors (Lipinski definition) is 4. The minimum absolute atomic E-state index is 0.158. The van der Waals surface area contributed by atoms with Crippen molar-refractivity contribution < 1.29 is 30.0 Å². The number of hydrogen-bond donors (Lipinski definition) is 5. The molecule has 0 aliphatic heterocycles. The molecule has 0 spiro atoms. The van der Waals surface area contributed by atoms with Gasteiger partial charge in [0.1, 0.15) is 0 Å². The smallest absolute Gasteiger partial charge is 0.312 e. The summed E-state index contributed by atoms with van der Waals surface area (Å²) < 4.78 is 2.35. The number of aromatic amines is 1. The number of carbonyl (C=O) groups is 2. The van der Waals surface area contributed by atoms with Gasteiger partial charge in [0.15, 0.2) is 0 Å². The maximum atomic E-state index is 12.7. The van der Waals surface area contributed by atoms with Crippen LogP contribution < -0.4 is 0 Å². The Balaban J connectivity index is 1.11. The molecule has 54 heavy (non-hydrogen) atoms. The lowest BCUT2D eigenvalue weighted by Crippen LogP contribution is -2.58. The van der Waals surface area contributed by atoms with E-state index < -0.39 is 35.0 Å². The van der Waals surface area contributed by atoms with Crippen LogP contribution in [0, 0.1) is 22.7 Å². The van der Waals surface area contributed by atoms with Crippen LogP contribution in [0.1, 0.15) is 88.5 Å². The lowest BCUT2D eigenvalue weighted by atomic mass is 9.49. The van der Waals surface area contributed by atoms with Crippen LogP contribution in [0.3, 0.4) is 0 Å². The molecule has 5 N–H and O–H groups in total. The Morgan fingerprint density at radius 3 is 1.80 bits per heavy atom. The second-order valence-corrected chi connectivity index (χ2v) is 18.1. The third-order valence-corrected chi connectivity index (χ3v) is 15.8. The van der Waals surface area contributed by atoms with Crippen LogP contribution >= 0.6 is 0 Å². The molecule has 2 heterocycles. The maximum Gasteiger partial charge on any atom is 0.312 e. The average Bonchev–Trinajstić information content (AvgIpc) is 3.67. The zero-order chi connectivity index (χ0) is 37.7. The largest absolute Gasteiger partial charge is 0.481 e. The maximum absolute atomic E-state index is 12.7. The van der Waals surface area contributed by atoms with Crippen molar-refractivity contribution in [2.45, 2.75) is 102 Å². The van der Waals surface area contributed by atoms with Crippen molar-refractivity contribution in [2.24, 2.45) is 22.7 Å². The Hall–Kier alpha value is -4.66. The van der Waals surface area contributed by atoms with Gasteiger partial charge in [0.25, 0.3) is 0 Å². The number of aliphatic hydroxyl groups excluding tert-OH is 2. The molecule has 0 amide bonds. The molecule has 2 aromatic heterocycles. The van der Waals surface area contributed by atoms with Gasteiger partial charge < -0.3 is 30.0 Å². The highest BCUT2D eigenvalue weighted by atomic mass is 16.4. The van der Waals surface area contributed by atoms with Crippen molar-refractivity contribution in [2.75, 3.05) is 0 Å². The molecule has 8 heteroatoms. The van der Waals surface area contributed by atoms with Gasteiger partial charge in [0.2, 0.25) is 0 Å². The number of carboxylic acid groups (broad SMARTS) is 2. The lowest BCUT2D eigenvalue weighted by molar-refractivity contribution is -0.172. The zero-order valence-corrected chi connectivity index (χ0v) is 31.4. The van der Waals surface area contributed by atoms with E-state index in [-0.39, 0.29) is 22.7 Å². The normalized spacial score (nSPS) is 33.4. The minimum atomic E-state index is -1.20. The topological polar surface area (TPSA) is 136 Å². The van der Waals surface area contributed by atoms with Gasteiger partial charge in [-0.15, -0.1) is 0 Å². The van der Waals surface area contributed by atoms with Crippen LogP contribution in [0.15, 0.2) is 66.7 Å². The molecule has 4 aliphatic rings. The summed E-state index contributed by atoms with van der Waals surface area (Å²) in [5, 5.41) is 47.3. The summed E-state index contributed by atoms with van der Waals surface area (Å²) in [5.41, 5.74) is 7.26. The number of nitrogens with zero attached hydrogens (tertiary/aromatic N) is 1. The Kier molecular flexibility index (Phi) is 6.89. The number of aromatic nitrogens is 2. The number of fused-ring (bicyclic) bond motifs is 12. The van der Waals surface area contributed by atoms with Gasteiger partial charge in [0.05, 0.1) is 34.1 Å². The fourth-order valence-electron chi connectivity index (χ4n) is 12.6. The van der Waals surface area contributed by atoms with E-state index in [9.17, 15) is 30.0 Å². The number of H-pyrrole nitrogens is 1. The molecule has 4 aromatic carbocycles. The van der Waals surface area contributed by atoms with Gasteiger partial charge in [-0.2, -0.15) is 0 Å². The summed E-state index contributed by atoms with van der Waals surface area (Å²) in [6.07, 6.45) is 3.72. The van der Waals surface area contributed by atoms with E-state index in [0.717, 1.165) is 87.8 Å². The first-order chi connectivity index (χ1) is 25.7. The summed E-state index contributed by atoms with van der Waals surface area (Å²) in [7, 11) is 0. The van der Waals surface area contributed by atoms with Crippen molar-refractivity contribution in [3.63, 3.8) is 0 Å². The molecular weight excluding hydrogens is 677 g/mol. The van der Waals surface area contributed by atoms with Crippen LogP contribution in [-0.2, 0) is 33.3 Å². The van der Waals surface area contributed by atoms with Crippen LogP contribution in [0.25, 0.3) is 49.3 Å². The summed E-state index contributed by atoms with van der Waals surface area (Å²) in [6.45, 7) is 7.93. The second-order valence-electron chi connectivity index (χ2n) is 18.1. The highest BCUT2D eigenvalue weighted by Gasteiger charge is 2.60. The predicted octanol–water partition coefficient (Wildman–Crippen LogP) is 8.55. The van der Waals surface area contributed by atoms with E-state index in [2.05, 4.69) is 90.1 Å². The van der Waals surface area contributed by atoms with E-state index >= 15 is 0 Å². The molecule has 8 unspecified atom stereocenters. The highest BCUT2D eigenvalue weighted by molar-refractivity contribution is 6.11. The first-order valence-corrected chi connectivity index (χ1v) is 19.7. The van der Waals surface area contributed by atoms with Gasteiger partial charge in [-0.3, -0.25) is 9.59 Å². The molecule has 10 rings (SSSR count). The molecule has 0 saturated heterocycles. The number of aliphatic hydroxyl groups is 2. The lowest BCUT2D eigenvalue weighted by Gasteiger charge is -2.55. The molecule has 2 saturated carbocycles. The fourth-order valence-corrected chi connectivity index (χ4v) is 12.6. The van der Waals surface area contributed by atoms with Gasteiger partial charge >= 0.3 is 11.9 Å². The molecule has 8 atom stereocenters.